The maximum absolute atomic E-state index is 6.20. The molecule has 1 unspecified atom stereocenters. The lowest BCUT2D eigenvalue weighted by molar-refractivity contribution is 0.518. The Balaban J connectivity index is 2.44. The zero-order chi connectivity index (χ0) is 11.4. The highest BCUT2D eigenvalue weighted by Gasteiger charge is 2.10. The lowest BCUT2D eigenvalue weighted by Gasteiger charge is -2.11. The van der Waals surface area contributed by atoms with Gasteiger partial charge in [0.25, 0.3) is 0 Å². The second-order valence-electron chi connectivity index (χ2n) is 4.68. The molecular formula is C12H21ClN2. The molecule has 0 aliphatic rings. The van der Waals surface area contributed by atoms with Gasteiger partial charge in [0.2, 0.25) is 0 Å². The van der Waals surface area contributed by atoms with Crippen LogP contribution in [0.15, 0.2) is 12.3 Å². The van der Waals surface area contributed by atoms with Crippen LogP contribution in [0.2, 0.25) is 0 Å². The number of aromatic nitrogens is 2. The molecule has 0 fully saturated rings. The normalized spacial score (nSPS) is 13.8. The van der Waals surface area contributed by atoms with E-state index in [4.69, 9.17) is 11.6 Å². The van der Waals surface area contributed by atoms with Crippen LogP contribution in [0.3, 0.4) is 0 Å². The van der Waals surface area contributed by atoms with Crippen molar-refractivity contribution in [1.82, 2.24) is 9.78 Å². The van der Waals surface area contributed by atoms with Gasteiger partial charge in [-0.2, -0.15) is 5.10 Å². The molecule has 0 radical (unpaired) electrons. The Kier molecular flexibility index (Phi) is 4.65. The molecule has 2 nitrogen and oxygen atoms in total. The van der Waals surface area contributed by atoms with E-state index in [1.807, 2.05) is 10.9 Å². The second-order valence-corrected chi connectivity index (χ2v) is 5.24. The minimum atomic E-state index is 0.259. The Labute approximate surface area is 97.6 Å². The van der Waals surface area contributed by atoms with Crippen molar-refractivity contribution in [3.8, 4) is 0 Å². The molecule has 1 atom stereocenters. The van der Waals surface area contributed by atoms with Crippen LogP contribution >= 0.6 is 11.6 Å². The van der Waals surface area contributed by atoms with Gasteiger partial charge in [-0.25, -0.2) is 0 Å². The van der Waals surface area contributed by atoms with E-state index in [2.05, 4.69) is 38.9 Å². The molecule has 1 aromatic rings. The molecular weight excluding hydrogens is 208 g/mol. The summed E-state index contributed by atoms with van der Waals surface area (Å²) in [4.78, 5) is 0. The van der Waals surface area contributed by atoms with Crippen LogP contribution < -0.4 is 0 Å². The summed E-state index contributed by atoms with van der Waals surface area (Å²) in [5.74, 6) is 0.541. The molecule has 0 bridgehead atoms. The van der Waals surface area contributed by atoms with E-state index in [-0.39, 0.29) is 5.38 Å². The first kappa shape index (κ1) is 12.6. The van der Waals surface area contributed by atoms with Crippen molar-refractivity contribution in [1.29, 1.82) is 0 Å². The number of hydrogen-bond acceptors (Lipinski definition) is 1. The van der Waals surface area contributed by atoms with Crippen LogP contribution in [0, 0.1) is 5.92 Å². The van der Waals surface area contributed by atoms with Gasteiger partial charge in [-0.3, -0.25) is 4.68 Å². The first-order chi connectivity index (χ1) is 7.00. The topological polar surface area (TPSA) is 17.8 Å². The van der Waals surface area contributed by atoms with Gasteiger partial charge in [0.15, 0.2) is 0 Å². The van der Waals surface area contributed by atoms with Crippen molar-refractivity contribution >= 4 is 11.6 Å². The number of nitrogens with zero attached hydrogens (tertiary/aromatic N) is 2. The molecule has 1 aromatic heterocycles. The number of hydrogen-bond donors (Lipinski definition) is 0. The predicted octanol–water partition coefficient (Wildman–Crippen LogP) is 3.66. The third-order valence-corrected chi connectivity index (χ3v) is 3.31. The summed E-state index contributed by atoms with van der Waals surface area (Å²) in [6.07, 6.45) is 4.03. The fourth-order valence-corrected chi connectivity index (χ4v) is 1.53. The number of halogens is 1. The van der Waals surface area contributed by atoms with Crippen LogP contribution in [0.5, 0.6) is 0 Å². The molecule has 0 spiro atoms. The first-order valence-electron chi connectivity index (χ1n) is 5.68. The minimum absolute atomic E-state index is 0.259. The summed E-state index contributed by atoms with van der Waals surface area (Å²) in [6.45, 7) is 8.58. The second kappa shape index (κ2) is 5.55. The van der Waals surface area contributed by atoms with Crippen LogP contribution in [-0.2, 0) is 6.42 Å². The standard InChI is InChI=1S/C12H21ClN2/c1-9(2)12(13)6-5-11-7-8-15(14-11)10(3)4/h7-10,12H,5-6H2,1-4H3. The molecule has 0 amide bonds. The summed E-state index contributed by atoms with van der Waals surface area (Å²) in [7, 11) is 0. The van der Waals surface area contributed by atoms with Crippen LogP contribution in [0.1, 0.15) is 45.9 Å². The fraction of sp³-hybridized carbons (Fsp3) is 0.750. The molecule has 3 heteroatoms. The Hall–Kier alpha value is -0.500. The van der Waals surface area contributed by atoms with Gasteiger partial charge >= 0.3 is 0 Å². The predicted molar refractivity (Wildman–Crippen MR) is 65.4 cm³/mol. The van der Waals surface area contributed by atoms with E-state index in [9.17, 15) is 0 Å². The summed E-state index contributed by atoms with van der Waals surface area (Å²) in [6, 6.07) is 2.53. The highest BCUT2D eigenvalue weighted by Crippen LogP contribution is 2.16. The minimum Gasteiger partial charge on any atom is -0.270 e. The van der Waals surface area contributed by atoms with Crippen molar-refractivity contribution < 1.29 is 0 Å². The molecule has 0 N–H and O–H groups in total. The third-order valence-electron chi connectivity index (χ3n) is 2.59. The summed E-state index contributed by atoms with van der Waals surface area (Å²) in [5, 5.41) is 4.76. The van der Waals surface area contributed by atoms with Crippen molar-refractivity contribution in [2.24, 2.45) is 5.92 Å². The zero-order valence-corrected chi connectivity index (χ0v) is 10.8. The lowest BCUT2D eigenvalue weighted by Crippen LogP contribution is -2.09. The number of rotatable bonds is 5. The van der Waals surface area contributed by atoms with Gasteiger partial charge in [0.1, 0.15) is 0 Å². The number of alkyl halides is 1. The van der Waals surface area contributed by atoms with E-state index in [1.54, 1.807) is 0 Å². The summed E-state index contributed by atoms with van der Waals surface area (Å²) >= 11 is 6.20. The average Bonchev–Trinajstić information content (AvgIpc) is 2.62. The monoisotopic (exact) mass is 228 g/mol. The van der Waals surface area contributed by atoms with Gasteiger partial charge < -0.3 is 0 Å². The fourth-order valence-electron chi connectivity index (χ4n) is 1.42. The summed E-state index contributed by atoms with van der Waals surface area (Å²) < 4.78 is 1.99. The summed E-state index contributed by atoms with van der Waals surface area (Å²) in [5.41, 5.74) is 1.15. The Morgan fingerprint density at radius 3 is 2.47 bits per heavy atom. The van der Waals surface area contributed by atoms with E-state index < -0.39 is 0 Å². The largest absolute Gasteiger partial charge is 0.270 e. The molecule has 0 aliphatic heterocycles. The van der Waals surface area contributed by atoms with Crippen LogP contribution in [0.25, 0.3) is 0 Å². The molecule has 1 heterocycles. The molecule has 15 heavy (non-hydrogen) atoms. The molecule has 1 rings (SSSR count). The van der Waals surface area contributed by atoms with Gasteiger partial charge in [-0.05, 0) is 38.7 Å². The highest BCUT2D eigenvalue weighted by molar-refractivity contribution is 6.20. The Morgan fingerprint density at radius 2 is 2.00 bits per heavy atom. The van der Waals surface area contributed by atoms with Gasteiger partial charge in [-0.1, -0.05) is 13.8 Å². The van der Waals surface area contributed by atoms with E-state index >= 15 is 0 Å². The van der Waals surface area contributed by atoms with Gasteiger partial charge in [0, 0.05) is 17.6 Å². The zero-order valence-electron chi connectivity index (χ0n) is 10.1. The van der Waals surface area contributed by atoms with Crippen molar-refractivity contribution in [3.05, 3.63) is 18.0 Å². The Morgan fingerprint density at radius 1 is 1.33 bits per heavy atom. The van der Waals surface area contributed by atoms with Gasteiger partial charge in [0.05, 0.1) is 5.69 Å². The van der Waals surface area contributed by atoms with Crippen LogP contribution in [0.4, 0.5) is 0 Å². The van der Waals surface area contributed by atoms with Crippen LogP contribution in [-0.4, -0.2) is 15.2 Å². The Bertz CT molecular complexity index is 292. The SMILES string of the molecule is CC(C)C(Cl)CCc1ccn(C(C)C)n1. The molecule has 0 saturated carbocycles. The number of aryl methyl sites for hydroxylation is 1. The quantitative estimate of drug-likeness (QED) is 0.704. The maximum Gasteiger partial charge on any atom is 0.0625 e. The molecule has 0 aliphatic carbocycles. The van der Waals surface area contributed by atoms with E-state index in [0.717, 1.165) is 18.5 Å². The van der Waals surface area contributed by atoms with Crippen molar-refractivity contribution in [3.63, 3.8) is 0 Å². The van der Waals surface area contributed by atoms with E-state index in [1.165, 1.54) is 0 Å². The van der Waals surface area contributed by atoms with Crippen molar-refractivity contribution in [2.45, 2.75) is 52.0 Å². The molecule has 0 aromatic carbocycles. The van der Waals surface area contributed by atoms with E-state index in [0.29, 0.717) is 12.0 Å². The third kappa shape index (κ3) is 3.86. The molecule has 86 valence electrons. The smallest absolute Gasteiger partial charge is 0.0625 e. The first-order valence-corrected chi connectivity index (χ1v) is 6.12. The average molecular weight is 229 g/mol. The lowest BCUT2D eigenvalue weighted by atomic mass is 10.0. The van der Waals surface area contributed by atoms with Crippen molar-refractivity contribution in [2.75, 3.05) is 0 Å². The maximum atomic E-state index is 6.20. The van der Waals surface area contributed by atoms with Gasteiger partial charge in [-0.15, -0.1) is 11.6 Å². The highest BCUT2D eigenvalue weighted by atomic mass is 35.5. The molecule has 0 saturated heterocycles.